The molecule has 0 aliphatic carbocycles. The Kier molecular flexibility index (Phi) is 5.59. The standard InChI is InChI=1S/C18H23ClN4OS/c1-12-4-6-15(7-5-12)10-16-20-18(25-21-16)22-8-9-23(13(2)11-22)17(24)14(3)19/h4-7,13-14H,8-11H2,1-3H3. The van der Waals surface area contributed by atoms with E-state index in [1.54, 1.807) is 6.92 Å². The van der Waals surface area contributed by atoms with E-state index in [4.69, 9.17) is 16.6 Å². The number of alkyl halides is 1. The van der Waals surface area contributed by atoms with Gasteiger partial charge in [-0.1, -0.05) is 29.8 Å². The van der Waals surface area contributed by atoms with Gasteiger partial charge in [0.25, 0.3) is 0 Å². The van der Waals surface area contributed by atoms with E-state index in [9.17, 15) is 4.79 Å². The number of amides is 1. The molecule has 0 spiro atoms. The average molecular weight is 379 g/mol. The highest BCUT2D eigenvalue weighted by Gasteiger charge is 2.30. The fourth-order valence-corrected chi connectivity index (χ4v) is 3.87. The first-order valence-corrected chi connectivity index (χ1v) is 9.72. The van der Waals surface area contributed by atoms with Crippen molar-refractivity contribution in [2.24, 2.45) is 0 Å². The van der Waals surface area contributed by atoms with Crippen molar-refractivity contribution in [3.05, 3.63) is 41.2 Å². The number of aromatic nitrogens is 2. The Labute approximate surface area is 157 Å². The Morgan fingerprint density at radius 3 is 2.72 bits per heavy atom. The lowest BCUT2D eigenvalue weighted by Crippen LogP contribution is -2.55. The lowest BCUT2D eigenvalue weighted by molar-refractivity contribution is -0.132. The number of rotatable bonds is 4. The number of hydrogen-bond acceptors (Lipinski definition) is 5. The van der Waals surface area contributed by atoms with E-state index >= 15 is 0 Å². The number of carbonyl (C=O) groups excluding carboxylic acids is 1. The highest BCUT2D eigenvalue weighted by Crippen LogP contribution is 2.23. The van der Waals surface area contributed by atoms with Gasteiger partial charge in [-0.25, -0.2) is 4.98 Å². The first-order valence-electron chi connectivity index (χ1n) is 8.51. The van der Waals surface area contributed by atoms with E-state index in [1.807, 2.05) is 4.90 Å². The van der Waals surface area contributed by atoms with Crippen LogP contribution in [0.2, 0.25) is 0 Å². The number of piperazine rings is 1. The second-order valence-corrected chi connectivity index (χ2v) is 7.98. The summed E-state index contributed by atoms with van der Waals surface area (Å²) in [5.41, 5.74) is 2.47. The molecule has 1 amide bonds. The molecular weight excluding hydrogens is 356 g/mol. The molecule has 0 saturated carbocycles. The molecule has 0 N–H and O–H groups in total. The van der Waals surface area contributed by atoms with Crippen LogP contribution in [0.25, 0.3) is 0 Å². The number of nitrogens with zero attached hydrogens (tertiary/aromatic N) is 4. The number of aryl methyl sites for hydroxylation is 1. The van der Waals surface area contributed by atoms with Crippen molar-refractivity contribution < 1.29 is 4.79 Å². The molecule has 2 aromatic rings. The zero-order chi connectivity index (χ0) is 18.0. The fourth-order valence-electron chi connectivity index (χ4n) is 3.02. The van der Waals surface area contributed by atoms with Crippen LogP contribution in [-0.4, -0.2) is 51.2 Å². The minimum Gasteiger partial charge on any atom is -0.343 e. The van der Waals surface area contributed by atoms with Crippen molar-refractivity contribution in [2.75, 3.05) is 24.5 Å². The summed E-state index contributed by atoms with van der Waals surface area (Å²) in [6.45, 7) is 8.06. The molecule has 0 bridgehead atoms. The van der Waals surface area contributed by atoms with Crippen LogP contribution in [0.4, 0.5) is 5.13 Å². The van der Waals surface area contributed by atoms with Gasteiger partial charge in [0.2, 0.25) is 11.0 Å². The SMILES string of the molecule is Cc1ccc(Cc2nsc(N3CCN(C(=O)C(C)Cl)C(C)C3)n2)cc1. The van der Waals surface area contributed by atoms with Crippen molar-refractivity contribution in [3.8, 4) is 0 Å². The molecule has 2 heterocycles. The van der Waals surface area contributed by atoms with Gasteiger partial charge in [-0.3, -0.25) is 4.79 Å². The van der Waals surface area contributed by atoms with Crippen molar-refractivity contribution >= 4 is 34.2 Å². The second kappa shape index (κ2) is 7.70. The molecule has 1 aliphatic rings. The lowest BCUT2D eigenvalue weighted by atomic mass is 10.1. The van der Waals surface area contributed by atoms with E-state index in [1.165, 1.54) is 22.7 Å². The van der Waals surface area contributed by atoms with Gasteiger partial charge >= 0.3 is 0 Å². The zero-order valence-corrected chi connectivity index (χ0v) is 16.3. The fraction of sp³-hybridized carbons (Fsp3) is 0.500. The van der Waals surface area contributed by atoms with Crippen LogP contribution in [0.3, 0.4) is 0 Å². The van der Waals surface area contributed by atoms with Crippen LogP contribution in [0, 0.1) is 6.92 Å². The monoisotopic (exact) mass is 378 g/mol. The Morgan fingerprint density at radius 2 is 2.08 bits per heavy atom. The Bertz CT molecular complexity index is 731. The molecule has 2 atom stereocenters. The average Bonchev–Trinajstić information content (AvgIpc) is 3.04. The third-order valence-electron chi connectivity index (χ3n) is 4.46. The number of halogens is 1. The summed E-state index contributed by atoms with van der Waals surface area (Å²) in [7, 11) is 0. The molecular formula is C18H23ClN4OS. The summed E-state index contributed by atoms with van der Waals surface area (Å²) < 4.78 is 4.50. The predicted molar refractivity (Wildman–Crippen MR) is 103 cm³/mol. The molecule has 25 heavy (non-hydrogen) atoms. The van der Waals surface area contributed by atoms with Crippen LogP contribution in [-0.2, 0) is 11.2 Å². The van der Waals surface area contributed by atoms with Gasteiger partial charge in [0.05, 0.1) is 0 Å². The third kappa shape index (κ3) is 4.30. The van der Waals surface area contributed by atoms with E-state index in [0.29, 0.717) is 6.54 Å². The smallest absolute Gasteiger partial charge is 0.240 e. The largest absolute Gasteiger partial charge is 0.343 e. The Hall–Kier alpha value is -1.66. The van der Waals surface area contributed by atoms with Crippen LogP contribution < -0.4 is 4.90 Å². The van der Waals surface area contributed by atoms with Crippen molar-refractivity contribution in [3.63, 3.8) is 0 Å². The van der Waals surface area contributed by atoms with Crippen LogP contribution in [0.1, 0.15) is 30.8 Å². The van der Waals surface area contributed by atoms with Gasteiger partial charge in [0.15, 0.2) is 0 Å². The van der Waals surface area contributed by atoms with Crippen LogP contribution in [0.15, 0.2) is 24.3 Å². The summed E-state index contributed by atoms with van der Waals surface area (Å²) in [5, 5.41) is 0.455. The van der Waals surface area contributed by atoms with Crippen LogP contribution in [0.5, 0.6) is 0 Å². The van der Waals surface area contributed by atoms with Gasteiger partial charge in [-0.15, -0.1) is 11.6 Å². The second-order valence-electron chi connectivity index (χ2n) is 6.60. The highest BCUT2D eigenvalue weighted by molar-refractivity contribution is 7.09. The van der Waals surface area contributed by atoms with Gasteiger partial charge in [-0.2, -0.15) is 4.37 Å². The summed E-state index contributed by atoms with van der Waals surface area (Å²) in [6.07, 6.45) is 0.745. The maximum absolute atomic E-state index is 12.1. The Morgan fingerprint density at radius 1 is 1.36 bits per heavy atom. The van der Waals surface area contributed by atoms with Gasteiger partial charge < -0.3 is 9.80 Å². The highest BCUT2D eigenvalue weighted by atomic mass is 35.5. The van der Waals surface area contributed by atoms with Gasteiger partial charge in [0, 0.05) is 43.6 Å². The normalized spacial score (nSPS) is 19.1. The van der Waals surface area contributed by atoms with E-state index in [0.717, 1.165) is 30.5 Å². The topological polar surface area (TPSA) is 49.3 Å². The van der Waals surface area contributed by atoms with E-state index in [2.05, 4.69) is 47.4 Å². The summed E-state index contributed by atoms with van der Waals surface area (Å²) in [4.78, 5) is 20.9. The quantitative estimate of drug-likeness (QED) is 0.767. The molecule has 1 aromatic carbocycles. The summed E-state index contributed by atoms with van der Waals surface area (Å²) in [6, 6.07) is 8.58. The molecule has 0 radical (unpaired) electrons. The number of anilines is 1. The van der Waals surface area contributed by atoms with E-state index in [-0.39, 0.29) is 11.9 Å². The van der Waals surface area contributed by atoms with Crippen molar-refractivity contribution in [1.29, 1.82) is 0 Å². The van der Waals surface area contributed by atoms with E-state index < -0.39 is 5.38 Å². The predicted octanol–water partition coefficient (Wildman–Crippen LogP) is 3.10. The number of carbonyl (C=O) groups is 1. The molecule has 1 aromatic heterocycles. The van der Waals surface area contributed by atoms with Crippen molar-refractivity contribution in [1.82, 2.24) is 14.3 Å². The molecule has 5 nitrogen and oxygen atoms in total. The van der Waals surface area contributed by atoms with Crippen LogP contribution >= 0.6 is 23.1 Å². The zero-order valence-electron chi connectivity index (χ0n) is 14.8. The number of hydrogen-bond donors (Lipinski definition) is 0. The minimum absolute atomic E-state index is 0.00569. The molecule has 134 valence electrons. The molecule has 1 saturated heterocycles. The first kappa shape index (κ1) is 18.1. The molecule has 1 fully saturated rings. The maximum atomic E-state index is 12.1. The van der Waals surface area contributed by atoms with Gasteiger partial charge in [0.1, 0.15) is 11.2 Å². The number of benzene rings is 1. The summed E-state index contributed by atoms with van der Waals surface area (Å²) >= 11 is 7.38. The first-order chi connectivity index (χ1) is 11.9. The lowest BCUT2D eigenvalue weighted by Gasteiger charge is -2.40. The Balaban J connectivity index is 1.63. The molecule has 3 rings (SSSR count). The molecule has 1 aliphatic heterocycles. The maximum Gasteiger partial charge on any atom is 0.240 e. The minimum atomic E-state index is -0.475. The van der Waals surface area contributed by atoms with Gasteiger partial charge in [-0.05, 0) is 26.3 Å². The van der Waals surface area contributed by atoms with Crippen molar-refractivity contribution in [2.45, 2.75) is 38.6 Å². The molecule has 2 unspecified atom stereocenters. The third-order valence-corrected chi connectivity index (χ3v) is 5.46. The summed E-state index contributed by atoms with van der Waals surface area (Å²) in [5.74, 6) is 0.857. The molecule has 7 heteroatoms.